The van der Waals surface area contributed by atoms with Gasteiger partial charge in [0.05, 0.1) is 10.6 Å². The minimum Gasteiger partial charge on any atom is -0.348 e. The van der Waals surface area contributed by atoms with E-state index in [4.69, 9.17) is 21.6 Å². The first-order chi connectivity index (χ1) is 13.2. The Hall–Kier alpha value is -2.47. The molecule has 0 unspecified atom stereocenters. The zero-order valence-corrected chi connectivity index (χ0v) is 16.6. The van der Waals surface area contributed by atoms with Gasteiger partial charge in [-0.3, -0.25) is 0 Å². The Kier molecular flexibility index (Phi) is 4.28. The molecule has 0 radical (unpaired) electrons. The number of nitrogens with zero attached hydrogens (tertiary/aromatic N) is 3. The van der Waals surface area contributed by atoms with Gasteiger partial charge < -0.3 is 4.57 Å². The number of hydrogen-bond donors (Lipinski definition) is 0. The van der Waals surface area contributed by atoms with E-state index in [-0.39, 0.29) is 0 Å². The molecule has 0 spiro atoms. The van der Waals surface area contributed by atoms with Crippen LogP contribution in [0.4, 0.5) is 0 Å². The summed E-state index contributed by atoms with van der Waals surface area (Å²) in [4.78, 5) is 13.1. The van der Waals surface area contributed by atoms with Gasteiger partial charge in [-0.2, -0.15) is 0 Å². The van der Waals surface area contributed by atoms with Crippen molar-refractivity contribution in [2.24, 2.45) is 0 Å². The summed E-state index contributed by atoms with van der Waals surface area (Å²) in [6.45, 7) is 0.775. The number of fused-ring (bicyclic) bond motifs is 1. The van der Waals surface area contributed by atoms with Crippen molar-refractivity contribution in [2.75, 3.05) is 0 Å². The first kappa shape index (κ1) is 16.7. The lowest BCUT2D eigenvalue weighted by molar-refractivity contribution is 0.789. The predicted octanol–water partition coefficient (Wildman–Crippen LogP) is 6.54. The van der Waals surface area contributed by atoms with Crippen LogP contribution in [0.15, 0.2) is 72.4 Å². The average Bonchev–Trinajstić information content (AvgIpc) is 3.42. The quantitative estimate of drug-likeness (QED) is 0.338. The molecule has 27 heavy (non-hydrogen) atoms. The molecule has 1 aromatic carbocycles. The van der Waals surface area contributed by atoms with Crippen molar-refractivity contribution in [2.45, 2.75) is 6.54 Å². The molecule has 3 nitrogen and oxygen atoms in total. The van der Waals surface area contributed by atoms with E-state index in [1.165, 1.54) is 15.3 Å². The van der Waals surface area contributed by atoms with E-state index in [1.807, 2.05) is 42.7 Å². The molecule has 0 fully saturated rings. The standard InChI is InChI=1S/C21H14ClN3S2/c22-15-5-3-14(4-6-15)12-25-10-9-16-17(13-25)24-21(23-16)20-8-7-19(27-20)18-2-1-11-26-18/h1-11,13H,12H2. The topological polar surface area (TPSA) is 30.7 Å². The Morgan fingerprint density at radius 3 is 2.48 bits per heavy atom. The number of aromatic nitrogens is 3. The van der Waals surface area contributed by atoms with Crippen molar-refractivity contribution >= 4 is 34.3 Å². The molecule has 0 amide bonds. The Morgan fingerprint density at radius 1 is 0.852 bits per heavy atom. The summed E-state index contributed by atoms with van der Waals surface area (Å²) in [5.41, 5.74) is 3.03. The van der Waals surface area contributed by atoms with E-state index in [2.05, 4.69) is 34.2 Å². The third-order valence-electron chi connectivity index (χ3n) is 4.30. The largest absolute Gasteiger partial charge is 0.348 e. The van der Waals surface area contributed by atoms with E-state index in [1.54, 1.807) is 22.7 Å². The lowest BCUT2D eigenvalue weighted by Gasteiger charge is -2.08. The summed E-state index contributed by atoms with van der Waals surface area (Å²) >= 11 is 9.45. The van der Waals surface area contributed by atoms with Crippen LogP contribution >= 0.6 is 34.3 Å². The second-order valence-electron chi connectivity index (χ2n) is 6.20. The van der Waals surface area contributed by atoms with Crippen molar-refractivity contribution in [1.29, 1.82) is 0 Å². The molecule has 2 aliphatic heterocycles. The highest BCUT2D eigenvalue weighted by atomic mass is 35.5. The smallest absolute Gasteiger partial charge is 0.170 e. The van der Waals surface area contributed by atoms with Crippen molar-refractivity contribution in [3.05, 3.63) is 83.0 Å². The van der Waals surface area contributed by atoms with Crippen molar-refractivity contribution in [3.63, 3.8) is 0 Å². The first-order valence-corrected chi connectivity index (χ1v) is 10.5. The summed E-state index contributed by atoms with van der Waals surface area (Å²) in [5.74, 6) is 0.794. The minimum absolute atomic E-state index is 0.753. The summed E-state index contributed by atoms with van der Waals surface area (Å²) in [7, 11) is 0. The van der Waals surface area contributed by atoms with E-state index in [9.17, 15) is 0 Å². The van der Waals surface area contributed by atoms with Crippen LogP contribution in [-0.4, -0.2) is 14.5 Å². The number of imidazole rings is 1. The zero-order valence-electron chi connectivity index (χ0n) is 14.2. The number of pyridine rings is 1. The van der Waals surface area contributed by atoms with Gasteiger partial charge in [0.2, 0.25) is 0 Å². The molecular formula is C21H14ClN3S2. The molecule has 0 saturated heterocycles. The third-order valence-corrected chi connectivity index (χ3v) is 6.69. The molecule has 3 aromatic rings. The fourth-order valence-electron chi connectivity index (χ4n) is 2.97. The van der Waals surface area contributed by atoms with Crippen LogP contribution in [0.5, 0.6) is 0 Å². The van der Waals surface area contributed by atoms with Gasteiger partial charge >= 0.3 is 0 Å². The van der Waals surface area contributed by atoms with Crippen molar-refractivity contribution in [3.8, 4) is 31.8 Å². The SMILES string of the molecule is Clc1ccc(Cn2ccc3nc(-c4ccc(-c5cccs5)s4)nc-3c2)cc1. The van der Waals surface area contributed by atoms with Crippen LogP contribution in [0.2, 0.25) is 5.02 Å². The van der Waals surface area contributed by atoms with Gasteiger partial charge in [-0.05, 0) is 47.3 Å². The van der Waals surface area contributed by atoms with Gasteiger partial charge in [0.1, 0.15) is 5.69 Å². The molecule has 132 valence electrons. The monoisotopic (exact) mass is 407 g/mol. The number of thiophene rings is 2. The molecule has 2 aliphatic rings. The van der Waals surface area contributed by atoms with Crippen molar-refractivity contribution < 1.29 is 0 Å². The molecule has 0 N–H and O–H groups in total. The predicted molar refractivity (Wildman–Crippen MR) is 114 cm³/mol. The maximum Gasteiger partial charge on any atom is 0.170 e. The fourth-order valence-corrected chi connectivity index (χ4v) is 4.87. The maximum atomic E-state index is 5.96. The molecule has 5 rings (SSSR count). The number of rotatable bonds is 4. The van der Waals surface area contributed by atoms with E-state index in [0.717, 1.165) is 33.7 Å². The minimum atomic E-state index is 0.753. The number of benzene rings is 1. The number of hydrogen-bond acceptors (Lipinski definition) is 4. The molecule has 6 heteroatoms. The van der Waals surface area contributed by atoms with Gasteiger partial charge in [0.15, 0.2) is 5.82 Å². The van der Waals surface area contributed by atoms with Crippen LogP contribution in [0.3, 0.4) is 0 Å². The summed E-state index contributed by atoms with van der Waals surface area (Å²) in [6, 6.07) is 18.4. The van der Waals surface area contributed by atoms with E-state index >= 15 is 0 Å². The molecule has 0 aliphatic carbocycles. The van der Waals surface area contributed by atoms with Crippen LogP contribution in [0.1, 0.15) is 5.56 Å². The normalized spacial score (nSPS) is 11.3. The second kappa shape index (κ2) is 6.93. The average molecular weight is 408 g/mol. The highest BCUT2D eigenvalue weighted by Gasteiger charge is 2.15. The Labute approximate surface area is 169 Å². The van der Waals surface area contributed by atoms with Crippen LogP contribution < -0.4 is 0 Å². The molecule has 4 heterocycles. The highest BCUT2D eigenvalue weighted by molar-refractivity contribution is 7.23. The maximum absolute atomic E-state index is 5.96. The van der Waals surface area contributed by atoms with Crippen LogP contribution in [0.25, 0.3) is 31.8 Å². The van der Waals surface area contributed by atoms with E-state index in [0.29, 0.717) is 0 Å². The second-order valence-corrected chi connectivity index (χ2v) is 8.67. The number of halogens is 1. The molecular weight excluding hydrogens is 394 g/mol. The molecule has 0 bridgehead atoms. The lowest BCUT2D eigenvalue weighted by atomic mass is 10.2. The summed E-state index contributed by atoms with van der Waals surface area (Å²) in [6.07, 6.45) is 4.09. The fraction of sp³-hybridized carbons (Fsp3) is 0.0476. The summed E-state index contributed by atoms with van der Waals surface area (Å²) in [5, 5.41) is 2.85. The van der Waals surface area contributed by atoms with Gasteiger partial charge in [-0.15, -0.1) is 22.7 Å². The first-order valence-electron chi connectivity index (χ1n) is 8.47. The Morgan fingerprint density at radius 2 is 1.67 bits per heavy atom. The zero-order chi connectivity index (χ0) is 18.2. The molecule has 0 saturated carbocycles. The van der Waals surface area contributed by atoms with Crippen LogP contribution in [0, 0.1) is 0 Å². The lowest BCUT2D eigenvalue weighted by Crippen LogP contribution is -2.00. The van der Waals surface area contributed by atoms with Crippen LogP contribution in [-0.2, 0) is 6.54 Å². The molecule has 0 atom stereocenters. The Balaban J connectivity index is 1.44. The van der Waals surface area contributed by atoms with Gasteiger partial charge in [0.25, 0.3) is 0 Å². The van der Waals surface area contributed by atoms with E-state index < -0.39 is 0 Å². The van der Waals surface area contributed by atoms with Gasteiger partial charge in [-0.1, -0.05) is 29.8 Å². The van der Waals surface area contributed by atoms with Crippen molar-refractivity contribution in [1.82, 2.24) is 14.5 Å². The van der Waals surface area contributed by atoms with Gasteiger partial charge in [0, 0.05) is 33.7 Å². The summed E-state index contributed by atoms with van der Waals surface area (Å²) < 4.78 is 2.12. The third kappa shape index (κ3) is 3.41. The molecule has 2 aromatic heterocycles. The highest BCUT2D eigenvalue weighted by Crippen LogP contribution is 2.36. The van der Waals surface area contributed by atoms with Gasteiger partial charge in [-0.25, -0.2) is 9.97 Å². The Bertz CT molecular complexity index is 1160.